The topological polar surface area (TPSA) is 54.9 Å². The van der Waals surface area contributed by atoms with Gasteiger partial charge >= 0.3 is 6.61 Å². The highest BCUT2D eigenvalue weighted by atomic mass is 127. The first-order chi connectivity index (χ1) is 12.1. The van der Waals surface area contributed by atoms with Gasteiger partial charge in [-0.1, -0.05) is 6.07 Å². The molecule has 0 bridgehead atoms. The van der Waals surface area contributed by atoms with E-state index in [-0.39, 0.29) is 29.7 Å². The summed E-state index contributed by atoms with van der Waals surface area (Å²) in [5.74, 6) is 2.20. The van der Waals surface area contributed by atoms with Crippen LogP contribution < -0.4 is 20.1 Å². The van der Waals surface area contributed by atoms with Crippen molar-refractivity contribution in [3.63, 3.8) is 0 Å². The van der Waals surface area contributed by atoms with Crippen LogP contribution in [0.15, 0.2) is 23.2 Å². The molecule has 0 saturated heterocycles. The van der Waals surface area contributed by atoms with Gasteiger partial charge in [0.1, 0.15) is 0 Å². The van der Waals surface area contributed by atoms with E-state index in [1.807, 2.05) is 11.8 Å². The molecule has 0 spiro atoms. The maximum atomic E-state index is 12.4. The van der Waals surface area contributed by atoms with E-state index in [4.69, 9.17) is 4.74 Å². The lowest BCUT2D eigenvalue weighted by atomic mass is 10.2. The third kappa shape index (κ3) is 10.2. The normalized spacial score (nSPS) is 11.1. The van der Waals surface area contributed by atoms with E-state index >= 15 is 0 Å². The molecule has 1 aromatic carbocycles. The molecule has 1 aromatic rings. The molecule has 1 rings (SSSR count). The van der Waals surface area contributed by atoms with Crippen molar-refractivity contribution in [3.8, 4) is 11.5 Å². The number of thioether (sulfide) groups is 1. The lowest BCUT2D eigenvalue weighted by Crippen LogP contribution is -2.37. The summed E-state index contributed by atoms with van der Waals surface area (Å²) >= 11 is 1.84. The standard InChI is InChI=1S/C17H27F2N3O2S.HI/c1-4-23-15-11-13(7-8-14(15)24-16(18)19)12-22-17(20-2)21-9-5-6-10-25-3;/h7-8,11,16H,4-6,9-10,12H2,1-3H3,(H2,20,21,22);1H. The van der Waals surface area contributed by atoms with Gasteiger partial charge in [0.25, 0.3) is 0 Å². The predicted molar refractivity (Wildman–Crippen MR) is 115 cm³/mol. The summed E-state index contributed by atoms with van der Waals surface area (Å²) in [5, 5.41) is 6.45. The van der Waals surface area contributed by atoms with Crippen molar-refractivity contribution >= 4 is 41.7 Å². The Kier molecular flexibility index (Phi) is 14.6. The second kappa shape index (κ2) is 15.1. The van der Waals surface area contributed by atoms with Crippen molar-refractivity contribution in [1.29, 1.82) is 0 Å². The number of aliphatic imine (C=N–C) groups is 1. The minimum atomic E-state index is -2.88. The zero-order valence-corrected chi connectivity index (χ0v) is 18.5. The highest BCUT2D eigenvalue weighted by molar-refractivity contribution is 14.0. The number of alkyl halides is 2. The fourth-order valence-corrected chi connectivity index (χ4v) is 2.60. The van der Waals surface area contributed by atoms with Gasteiger partial charge in [-0.05, 0) is 49.5 Å². The average Bonchev–Trinajstić information content (AvgIpc) is 2.59. The van der Waals surface area contributed by atoms with Crippen LogP contribution in [-0.2, 0) is 6.54 Å². The maximum Gasteiger partial charge on any atom is 0.387 e. The Labute approximate surface area is 175 Å². The quantitative estimate of drug-likeness (QED) is 0.206. The molecule has 0 saturated carbocycles. The molecular formula is C17H28F2IN3O2S. The van der Waals surface area contributed by atoms with Crippen molar-refractivity contribution < 1.29 is 18.3 Å². The summed E-state index contributed by atoms with van der Waals surface area (Å²) in [5.41, 5.74) is 0.885. The zero-order valence-electron chi connectivity index (χ0n) is 15.4. The summed E-state index contributed by atoms with van der Waals surface area (Å²) < 4.78 is 34.7. The first-order valence-electron chi connectivity index (χ1n) is 8.24. The fraction of sp³-hybridized carbons (Fsp3) is 0.588. The van der Waals surface area contributed by atoms with Crippen LogP contribution in [0.2, 0.25) is 0 Å². The van der Waals surface area contributed by atoms with Crippen molar-refractivity contribution in [3.05, 3.63) is 23.8 Å². The molecule has 26 heavy (non-hydrogen) atoms. The summed E-state index contributed by atoms with van der Waals surface area (Å²) in [6.07, 6.45) is 4.34. The number of benzene rings is 1. The summed E-state index contributed by atoms with van der Waals surface area (Å²) in [6, 6.07) is 4.91. The molecule has 0 radical (unpaired) electrons. The largest absolute Gasteiger partial charge is 0.490 e. The van der Waals surface area contributed by atoms with Crippen LogP contribution in [-0.4, -0.2) is 44.8 Å². The van der Waals surface area contributed by atoms with Crippen molar-refractivity contribution in [2.45, 2.75) is 32.9 Å². The molecule has 0 aliphatic heterocycles. The maximum absolute atomic E-state index is 12.4. The van der Waals surface area contributed by atoms with Crippen LogP contribution in [0.1, 0.15) is 25.3 Å². The van der Waals surface area contributed by atoms with Crippen LogP contribution in [0.3, 0.4) is 0 Å². The Morgan fingerprint density at radius 2 is 2.00 bits per heavy atom. The van der Waals surface area contributed by atoms with E-state index in [0.29, 0.717) is 24.9 Å². The summed E-state index contributed by atoms with van der Waals surface area (Å²) in [6.45, 7) is 0.637. The van der Waals surface area contributed by atoms with Crippen LogP contribution in [0.25, 0.3) is 0 Å². The third-order valence-corrected chi connectivity index (χ3v) is 3.97. The van der Waals surface area contributed by atoms with Crippen molar-refractivity contribution in [2.24, 2.45) is 4.99 Å². The Morgan fingerprint density at radius 1 is 1.23 bits per heavy atom. The molecule has 5 nitrogen and oxygen atoms in total. The van der Waals surface area contributed by atoms with E-state index < -0.39 is 6.61 Å². The van der Waals surface area contributed by atoms with Gasteiger partial charge in [0.2, 0.25) is 0 Å². The number of nitrogens with zero attached hydrogens (tertiary/aromatic N) is 1. The Bertz CT molecular complexity index is 537. The van der Waals surface area contributed by atoms with Crippen molar-refractivity contribution in [2.75, 3.05) is 32.2 Å². The number of ether oxygens (including phenoxy) is 2. The number of nitrogens with one attached hydrogen (secondary N) is 2. The van der Waals surface area contributed by atoms with Gasteiger partial charge in [0.15, 0.2) is 17.5 Å². The molecule has 2 N–H and O–H groups in total. The first kappa shape index (κ1) is 25.0. The van der Waals surface area contributed by atoms with Gasteiger partial charge in [-0.2, -0.15) is 20.5 Å². The number of unbranched alkanes of at least 4 members (excludes halogenated alkanes) is 1. The second-order valence-electron chi connectivity index (χ2n) is 5.15. The summed E-state index contributed by atoms with van der Waals surface area (Å²) in [4.78, 5) is 4.17. The van der Waals surface area contributed by atoms with Gasteiger partial charge in [0.05, 0.1) is 6.61 Å². The number of hydrogen-bond acceptors (Lipinski definition) is 4. The molecule has 9 heteroatoms. The molecule has 0 amide bonds. The lowest BCUT2D eigenvalue weighted by Gasteiger charge is -2.14. The van der Waals surface area contributed by atoms with Crippen LogP contribution >= 0.6 is 35.7 Å². The molecule has 0 atom stereocenters. The molecule has 0 aliphatic carbocycles. The highest BCUT2D eigenvalue weighted by Gasteiger charge is 2.11. The van der Waals surface area contributed by atoms with Crippen LogP contribution in [0.5, 0.6) is 11.5 Å². The molecule has 0 aromatic heterocycles. The molecule has 0 unspecified atom stereocenters. The summed E-state index contributed by atoms with van der Waals surface area (Å²) in [7, 11) is 1.71. The first-order valence-corrected chi connectivity index (χ1v) is 9.64. The molecular weight excluding hydrogens is 475 g/mol. The monoisotopic (exact) mass is 503 g/mol. The average molecular weight is 503 g/mol. The predicted octanol–water partition coefficient (Wildman–Crippen LogP) is 4.11. The van der Waals surface area contributed by atoms with Crippen LogP contribution in [0, 0.1) is 0 Å². The zero-order chi connectivity index (χ0) is 18.5. The van der Waals surface area contributed by atoms with E-state index in [2.05, 4.69) is 26.6 Å². The van der Waals surface area contributed by atoms with Gasteiger partial charge < -0.3 is 20.1 Å². The SMILES string of the molecule is CCOc1cc(CNC(=NC)NCCCCSC)ccc1OC(F)F.I. The number of rotatable bonds is 11. The third-order valence-electron chi connectivity index (χ3n) is 3.28. The Morgan fingerprint density at radius 3 is 2.62 bits per heavy atom. The smallest absolute Gasteiger partial charge is 0.387 e. The van der Waals surface area contributed by atoms with Crippen molar-refractivity contribution in [1.82, 2.24) is 10.6 Å². The van der Waals surface area contributed by atoms with E-state index in [0.717, 1.165) is 30.7 Å². The minimum absolute atomic E-state index is 0. The molecule has 150 valence electrons. The van der Waals surface area contributed by atoms with E-state index in [9.17, 15) is 8.78 Å². The van der Waals surface area contributed by atoms with Gasteiger partial charge in [0, 0.05) is 20.1 Å². The van der Waals surface area contributed by atoms with Gasteiger partial charge in [-0.25, -0.2) is 0 Å². The second-order valence-corrected chi connectivity index (χ2v) is 6.13. The molecule has 0 heterocycles. The molecule has 0 fully saturated rings. The van der Waals surface area contributed by atoms with Gasteiger partial charge in [-0.3, -0.25) is 4.99 Å². The van der Waals surface area contributed by atoms with E-state index in [1.54, 1.807) is 26.1 Å². The van der Waals surface area contributed by atoms with E-state index in [1.165, 1.54) is 6.07 Å². The highest BCUT2D eigenvalue weighted by Crippen LogP contribution is 2.29. The minimum Gasteiger partial charge on any atom is -0.490 e. The fourth-order valence-electron chi connectivity index (χ4n) is 2.11. The number of hydrogen-bond donors (Lipinski definition) is 2. The molecule has 0 aliphatic rings. The van der Waals surface area contributed by atoms with Crippen LogP contribution in [0.4, 0.5) is 8.78 Å². The Hall–Kier alpha value is -0.970. The number of halogens is 3. The van der Waals surface area contributed by atoms with Gasteiger partial charge in [-0.15, -0.1) is 24.0 Å². The number of guanidine groups is 1. The Balaban J connectivity index is 0.00000625. The lowest BCUT2D eigenvalue weighted by molar-refractivity contribution is -0.0514.